The first-order valence-corrected chi connectivity index (χ1v) is 13.3. The lowest BCUT2D eigenvalue weighted by molar-refractivity contribution is 0.265. The van der Waals surface area contributed by atoms with Crippen molar-refractivity contribution in [2.75, 3.05) is 6.16 Å². The summed E-state index contributed by atoms with van der Waals surface area (Å²) < 4.78 is 0. The molecule has 1 fully saturated rings. The van der Waals surface area contributed by atoms with Crippen LogP contribution in [-0.2, 0) is 0 Å². The number of hydrogen-bond acceptors (Lipinski definition) is 0. The Kier molecular flexibility index (Phi) is 6.83. The highest BCUT2D eigenvalue weighted by Crippen LogP contribution is 2.56. The minimum atomic E-state index is -1.64. The van der Waals surface area contributed by atoms with Crippen molar-refractivity contribution < 1.29 is 0 Å². The Labute approximate surface area is 177 Å². The van der Waals surface area contributed by atoms with Crippen molar-refractivity contribution in [1.29, 1.82) is 0 Å². The van der Waals surface area contributed by atoms with Gasteiger partial charge in [0.05, 0.1) is 6.16 Å². The molecule has 0 amide bonds. The Morgan fingerprint density at radius 1 is 0.586 bits per heavy atom. The summed E-state index contributed by atoms with van der Waals surface area (Å²) in [5.41, 5.74) is 0. The van der Waals surface area contributed by atoms with Crippen LogP contribution >= 0.6 is 7.26 Å². The van der Waals surface area contributed by atoms with E-state index in [4.69, 9.17) is 0 Å². The van der Waals surface area contributed by atoms with Gasteiger partial charge in [-0.15, -0.1) is 0 Å². The van der Waals surface area contributed by atoms with Gasteiger partial charge in [0.1, 0.15) is 23.2 Å². The topological polar surface area (TPSA) is 0 Å². The standard InChI is InChI=1S/C28H34P/c1-2-24-18-20-25(21-19-24)22-23-29(26-12-6-3-7-13-26,27-14-8-4-9-15-27)28-16-10-5-11-17-28/h3-17,24-25H,2,18-23H2,1H3/q+1. The summed E-state index contributed by atoms with van der Waals surface area (Å²) in [7, 11) is -1.64. The van der Waals surface area contributed by atoms with Crippen molar-refractivity contribution in [3.05, 3.63) is 91.0 Å². The van der Waals surface area contributed by atoms with E-state index >= 15 is 0 Å². The molecule has 1 heteroatoms. The van der Waals surface area contributed by atoms with E-state index in [1.807, 2.05) is 0 Å². The summed E-state index contributed by atoms with van der Waals surface area (Å²) in [6.45, 7) is 2.36. The molecule has 1 saturated carbocycles. The molecule has 3 aromatic carbocycles. The van der Waals surface area contributed by atoms with Crippen molar-refractivity contribution in [3.8, 4) is 0 Å². The summed E-state index contributed by atoms with van der Waals surface area (Å²) >= 11 is 0. The van der Waals surface area contributed by atoms with Crippen molar-refractivity contribution >= 4 is 23.2 Å². The number of rotatable bonds is 7. The second kappa shape index (κ2) is 9.73. The maximum atomic E-state index is 2.38. The fourth-order valence-corrected chi connectivity index (χ4v) is 9.65. The first-order chi connectivity index (χ1) is 14.3. The van der Waals surface area contributed by atoms with Gasteiger partial charge in [0, 0.05) is 0 Å². The third-order valence-electron chi connectivity index (χ3n) is 7.01. The fraction of sp³-hybridized carbons (Fsp3) is 0.357. The second-order valence-electron chi connectivity index (χ2n) is 8.62. The normalized spacial score (nSPS) is 19.8. The molecule has 3 aromatic rings. The van der Waals surface area contributed by atoms with Gasteiger partial charge in [-0.05, 0) is 54.7 Å². The Balaban J connectivity index is 1.72. The van der Waals surface area contributed by atoms with E-state index in [1.165, 1.54) is 60.6 Å². The van der Waals surface area contributed by atoms with Crippen LogP contribution < -0.4 is 15.9 Å². The molecule has 0 heterocycles. The zero-order valence-corrected chi connectivity index (χ0v) is 18.6. The molecule has 29 heavy (non-hydrogen) atoms. The lowest BCUT2D eigenvalue weighted by Gasteiger charge is -2.32. The first-order valence-electron chi connectivity index (χ1n) is 11.4. The number of hydrogen-bond donors (Lipinski definition) is 0. The quantitative estimate of drug-likeness (QED) is 0.392. The van der Waals surface area contributed by atoms with Gasteiger partial charge in [-0.25, -0.2) is 0 Å². The molecule has 0 spiro atoms. The Morgan fingerprint density at radius 3 is 1.34 bits per heavy atom. The Morgan fingerprint density at radius 2 is 0.966 bits per heavy atom. The molecule has 0 unspecified atom stereocenters. The van der Waals surface area contributed by atoms with Crippen molar-refractivity contribution in [2.24, 2.45) is 11.8 Å². The van der Waals surface area contributed by atoms with Crippen molar-refractivity contribution in [1.82, 2.24) is 0 Å². The van der Waals surface area contributed by atoms with Crippen LogP contribution in [-0.4, -0.2) is 6.16 Å². The van der Waals surface area contributed by atoms with Gasteiger partial charge in [-0.1, -0.05) is 93.6 Å². The fourth-order valence-electron chi connectivity index (χ4n) is 5.19. The predicted octanol–water partition coefficient (Wildman–Crippen LogP) is 6.59. The number of benzene rings is 3. The zero-order chi connectivity index (χ0) is 19.9. The van der Waals surface area contributed by atoms with Crippen molar-refractivity contribution in [3.63, 3.8) is 0 Å². The van der Waals surface area contributed by atoms with E-state index < -0.39 is 7.26 Å². The maximum absolute atomic E-state index is 2.38. The molecule has 1 aliphatic rings. The lowest BCUT2D eigenvalue weighted by Crippen LogP contribution is -2.34. The van der Waals surface area contributed by atoms with Crippen LogP contribution in [0, 0.1) is 11.8 Å². The van der Waals surface area contributed by atoms with Gasteiger partial charge in [0.25, 0.3) is 0 Å². The Hall–Kier alpha value is -1.91. The van der Waals surface area contributed by atoms with E-state index in [0.717, 1.165) is 11.8 Å². The van der Waals surface area contributed by atoms with Gasteiger partial charge in [-0.2, -0.15) is 0 Å². The van der Waals surface area contributed by atoms with Gasteiger partial charge in [0.15, 0.2) is 0 Å². The van der Waals surface area contributed by atoms with Crippen LogP contribution in [0.15, 0.2) is 91.0 Å². The summed E-state index contributed by atoms with van der Waals surface area (Å²) in [4.78, 5) is 0. The molecule has 0 N–H and O–H groups in total. The SMILES string of the molecule is CCC1CCC(CC[P+](c2ccccc2)(c2ccccc2)c2ccccc2)CC1. The van der Waals surface area contributed by atoms with Crippen LogP contribution in [0.25, 0.3) is 0 Å². The van der Waals surface area contributed by atoms with Gasteiger partial charge in [-0.3, -0.25) is 0 Å². The molecule has 0 radical (unpaired) electrons. The lowest BCUT2D eigenvalue weighted by atomic mass is 9.80. The van der Waals surface area contributed by atoms with Crippen LogP contribution in [0.5, 0.6) is 0 Å². The van der Waals surface area contributed by atoms with Crippen LogP contribution in [0.4, 0.5) is 0 Å². The molecule has 0 aromatic heterocycles. The molecule has 0 atom stereocenters. The molecule has 0 bridgehead atoms. The minimum absolute atomic E-state index is 0.897. The van der Waals surface area contributed by atoms with E-state index in [2.05, 4.69) is 97.9 Å². The van der Waals surface area contributed by atoms with E-state index in [-0.39, 0.29) is 0 Å². The summed E-state index contributed by atoms with van der Waals surface area (Å²) in [5.74, 6) is 1.87. The van der Waals surface area contributed by atoms with Crippen LogP contribution in [0.3, 0.4) is 0 Å². The summed E-state index contributed by atoms with van der Waals surface area (Å²) in [5, 5.41) is 4.58. The molecule has 0 saturated heterocycles. The monoisotopic (exact) mass is 401 g/mol. The molecule has 150 valence electrons. The van der Waals surface area contributed by atoms with E-state index in [9.17, 15) is 0 Å². The van der Waals surface area contributed by atoms with Crippen LogP contribution in [0.2, 0.25) is 0 Å². The molecule has 0 aliphatic heterocycles. The third-order valence-corrected chi connectivity index (χ3v) is 11.5. The van der Waals surface area contributed by atoms with Crippen molar-refractivity contribution in [2.45, 2.75) is 45.4 Å². The van der Waals surface area contributed by atoms with E-state index in [1.54, 1.807) is 0 Å². The molecule has 4 rings (SSSR count). The minimum Gasteiger partial charge on any atom is -0.0651 e. The van der Waals surface area contributed by atoms with Gasteiger partial charge < -0.3 is 0 Å². The smallest absolute Gasteiger partial charge is 0.0651 e. The van der Waals surface area contributed by atoms with E-state index in [0.29, 0.717) is 0 Å². The van der Waals surface area contributed by atoms with Gasteiger partial charge in [0.2, 0.25) is 0 Å². The average molecular weight is 402 g/mol. The molecular formula is C28H34P+. The highest BCUT2D eigenvalue weighted by atomic mass is 31.2. The van der Waals surface area contributed by atoms with Crippen LogP contribution in [0.1, 0.15) is 45.4 Å². The molecular weight excluding hydrogens is 367 g/mol. The average Bonchev–Trinajstić information content (AvgIpc) is 2.82. The first kappa shape index (κ1) is 20.4. The molecule has 1 aliphatic carbocycles. The maximum Gasteiger partial charge on any atom is 0.112 e. The highest BCUT2D eigenvalue weighted by Gasteiger charge is 2.45. The Bertz CT molecular complexity index is 752. The highest BCUT2D eigenvalue weighted by molar-refractivity contribution is 7.95. The summed E-state index contributed by atoms with van der Waals surface area (Å²) in [6.07, 6.45) is 9.73. The van der Waals surface area contributed by atoms with Gasteiger partial charge >= 0.3 is 0 Å². The second-order valence-corrected chi connectivity index (χ2v) is 12.2. The largest absolute Gasteiger partial charge is 0.112 e. The molecule has 0 nitrogen and oxygen atoms in total. The summed E-state index contributed by atoms with van der Waals surface area (Å²) in [6, 6.07) is 34.1. The zero-order valence-electron chi connectivity index (χ0n) is 17.7. The third kappa shape index (κ3) is 4.49. The predicted molar refractivity (Wildman–Crippen MR) is 130 cm³/mol.